The molecule has 0 aromatic carbocycles. The van der Waals surface area contributed by atoms with Crippen LogP contribution in [0.15, 0.2) is 11.9 Å². The molecule has 0 aromatic heterocycles. The number of carboxylic acid groups (broad SMARTS) is 1. The molecule has 0 saturated heterocycles. The van der Waals surface area contributed by atoms with Gasteiger partial charge >= 0.3 is 29.6 Å². The topological polar surface area (TPSA) is 60.4 Å². The van der Waals surface area contributed by atoms with Crippen molar-refractivity contribution in [3.8, 4) is 0 Å². The molecular weight excluding hydrogens is 150 g/mol. The van der Waals surface area contributed by atoms with Gasteiger partial charge < -0.3 is 15.0 Å². The van der Waals surface area contributed by atoms with Crippen LogP contribution in [0.3, 0.4) is 0 Å². The fourth-order valence-corrected chi connectivity index (χ4v) is 0.280. The molecule has 52 valence electrons. The van der Waals surface area contributed by atoms with Crippen molar-refractivity contribution in [2.75, 3.05) is 0 Å². The fraction of sp³-hybridized carbons (Fsp3) is 0.400. The van der Waals surface area contributed by atoms with Crippen molar-refractivity contribution in [1.82, 2.24) is 0 Å². The zero-order valence-electron chi connectivity index (χ0n) is 5.80. The van der Waals surface area contributed by atoms with Crippen LogP contribution < -0.4 is 34.7 Å². The first kappa shape index (κ1) is 12.7. The number of hydrogen-bond donors (Lipinski definition) is 1. The number of hydrogen-bond acceptors (Lipinski definition) is 3. The Balaban J connectivity index is 0. The molecule has 0 aliphatic heterocycles. The van der Waals surface area contributed by atoms with E-state index in [1.165, 1.54) is 6.92 Å². The van der Waals surface area contributed by atoms with E-state index < -0.39 is 17.9 Å². The van der Waals surface area contributed by atoms with Crippen LogP contribution in [-0.2, 0) is 4.79 Å². The van der Waals surface area contributed by atoms with Gasteiger partial charge in [-0.1, -0.05) is 0 Å². The summed E-state index contributed by atoms with van der Waals surface area (Å²) in [6.07, 6.45) is -0.544. The van der Waals surface area contributed by atoms with E-state index in [2.05, 4.69) is 0 Å². The molecule has 0 fully saturated rings. The monoisotopic (exact) mass is 156 g/mol. The maximum absolute atomic E-state index is 11.8. The van der Waals surface area contributed by atoms with Gasteiger partial charge in [-0.2, -0.15) is 0 Å². The molecule has 1 N–H and O–H groups in total. The van der Waals surface area contributed by atoms with Gasteiger partial charge in [-0.25, -0.2) is 4.39 Å². The molecule has 10 heavy (non-hydrogen) atoms. The van der Waals surface area contributed by atoms with E-state index in [0.29, 0.717) is 6.08 Å². The maximum atomic E-state index is 11.8. The zero-order chi connectivity index (χ0) is 7.44. The average molecular weight is 156 g/mol. The third-order valence-corrected chi connectivity index (χ3v) is 0.583. The van der Waals surface area contributed by atoms with Crippen LogP contribution in [0.5, 0.6) is 0 Å². The van der Waals surface area contributed by atoms with Crippen molar-refractivity contribution >= 4 is 5.97 Å². The Bertz CT molecular complexity index is 144. The molecule has 0 spiro atoms. The van der Waals surface area contributed by atoms with E-state index in [1.807, 2.05) is 0 Å². The summed E-state index contributed by atoms with van der Waals surface area (Å²) in [7, 11) is 0. The Morgan fingerprint density at radius 3 is 2.30 bits per heavy atom. The molecule has 0 heterocycles. The molecule has 0 aliphatic rings. The number of aliphatic carboxylic acids is 1. The third kappa shape index (κ3) is 6.22. The normalized spacial score (nSPS) is 13.7. The Morgan fingerprint density at radius 1 is 1.80 bits per heavy atom. The molecule has 0 bridgehead atoms. The summed E-state index contributed by atoms with van der Waals surface area (Å²) < 4.78 is 11.8. The van der Waals surface area contributed by atoms with Crippen molar-refractivity contribution in [2.24, 2.45) is 0 Å². The largest absolute Gasteiger partial charge is 1.00 e. The number of aliphatic hydroxyl groups is 1. The maximum Gasteiger partial charge on any atom is 1.00 e. The van der Waals surface area contributed by atoms with Gasteiger partial charge in [-0.3, -0.25) is 0 Å². The molecule has 0 aromatic rings. The molecule has 3 nitrogen and oxygen atoms in total. The van der Waals surface area contributed by atoms with Gasteiger partial charge in [0.25, 0.3) is 0 Å². The minimum atomic E-state index is -1.91. The van der Waals surface area contributed by atoms with Gasteiger partial charge in [0, 0.05) is 0 Å². The summed E-state index contributed by atoms with van der Waals surface area (Å²) in [5.41, 5.74) is 0. The fourth-order valence-electron chi connectivity index (χ4n) is 0.280. The van der Waals surface area contributed by atoms with Crippen molar-refractivity contribution in [3.63, 3.8) is 0 Å². The van der Waals surface area contributed by atoms with Gasteiger partial charge in [0.05, 0.1) is 12.1 Å². The molecule has 0 saturated carbocycles. The van der Waals surface area contributed by atoms with Gasteiger partial charge in [0.1, 0.15) is 5.83 Å². The summed E-state index contributed by atoms with van der Waals surface area (Å²) in [5, 5.41) is 17.9. The molecular formula is C5H6FNaO3. The standard InChI is InChI=1S/C5H7FO3.Na/c1-3(7)2-4(6)5(8)9;/h2-3,7H,1H3,(H,8,9);/q;+1/p-1. The van der Waals surface area contributed by atoms with E-state index in [-0.39, 0.29) is 29.6 Å². The summed E-state index contributed by atoms with van der Waals surface area (Å²) in [5.74, 6) is -3.35. The van der Waals surface area contributed by atoms with Crippen LogP contribution in [0.4, 0.5) is 4.39 Å². The van der Waals surface area contributed by atoms with Crippen LogP contribution in [0.25, 0.3) is 0 Å². The van der Waals surface area contributed by atoms with Crippen molar-refractivity contribution in [3.05, 3.63) is 11.9 Å². The first-order valence-electron chi connectivity index (χ1n) is 2.30. The minimum Gasteiger partial charge on any atom is -0.542 e. The van der Waals surface area contributed by atoms with Crippen LogP contribution in [0.1, 0.15) is 6.92 Å². The first-order chi connectivity index (χ1) is 4.04. The number of carbonyl (C=O) groups is 1. The van der Waals surface area contributed by atoms with E-state index in [9.17, 15) is 14.3 Å². The zero-order valence-corrected chi connectivity index (χ0v) is 7.80. The minimum absolute atomic E-state index is 0. The van der Waals surface area contributed by atoms with E-state index >= 15 is 0 Å². The van der Waals surface area contributed by atoms with E-state index in [1.54, 1.807) is 0 Å². The van der Waals surface area contributed by atoms with Crippen LogP contribution in [0, 0.1) is 0 Å². The van der Waals surface area contributed by atoms with Gasteiger partial charge in [0.2, 0.25) is 0 Å². The molecule has 1 atom stereocenters. The second-order valence-electron chi connectivity index (χ2n) is 1.54. The number of halogens is 1. The van der Waals surface area contributed by atoms with Crippen LogP contribution in [0.2, 0.25) is 0 Å². The van der Waals surface area contributed by atoms with Crippen molar-refractivity contribution in [2.45, 2.75) is 13.0 Å². The Kier molecular flexibility index (Phi) is 7.46. The molecule has 0 radical (unpaired) electrons. The second-order valence-corrected chi connectivity index (χ2v) is 1.54. The second kappa shape index (κ2) is 5.85. The Labute approximate surface area is 79.8 Å². The predicted molar refractivity (Wildman–Crippen MR) is 25.9 cm³/mol. The number of carboxylic acids is 1. The smallest absolute Gasteiger partial charge is 0.542 e. The van der Waals surface area contributed by atoms with E-state index in [0.717, 1.165) is 0 Å². The molecule has 0 rings (SSSR count). The molecule has 0 amide bonds. The number of carbonyl (C=O) groups excluding carboxylic acids is 1. The van der Waals surface area contributed by atoms with Gasteiger partial charge in [-0.15, -0.1) is 0 Å². The number of aliphatic hydroxyl groups excluding tert-OH is 1. The summed E-state index contributed by atoms with van der Waals surface area (Å²) in [6.45, 7) is 1.24. The Hall–Kier alpha value is 0.100. The summed E-state index contributed by atoms with van der Waals surface area (Å²) >= 11 is 0. The SMILES string of the molecule is CC(O)C=C(F)C(=O)[O-].[Na+]. The summed E-state index contributed by atoms with van der Waals surface area (Å²) in [6, 6.07) is 0. The third-order valence-electron chi connectivity index (χ3n) is 0.583. The van der Waals surface area contributed by atoms with Gasteiger partial charge in [0.15, 0.2) is 0 Å². The van der Waals surface area contributed by atoms with Gasteiger partial charge in [-0.05, 0) is 13.0 Å². The van der Waals surface area contributed by atoms with Crippen LogP contribution >= 0.6 is 0 Å². The average Bonchev–Trinajstić information content (AvgIpc) is 1.63. The first-order valence-corrected chi connectivity index (χ1v) is 2.30. The predicted octanol–water partition coefficient (Wildman–Crippen LogP) is -4.03. The Morgan fingerprint density at radius 2 is 2.20 bits per heavy atom. The van der Waals surface area contributed by atoms with Crippen LogP contribution in [-0.4, -0.2) is 17.2 Å². The number of rotatable bonds is 2. The molecule has 5 heteroatoms. The molecule has 1 unspecified atom stereocenters. The van der Waals surface area contributed by atoms with E-state index in [4.69, 9.17) is 5.11 Å². The molecule has 0 aliphatic carbocycles. The quantitative estimate of drug-likeness (QED) is 0.327. The summed E-state index contributed by atoms with van der Waals surface area (Å²) in [4.78, 5) is 9.57. The van der Waals surface area contributed by atoms with Crippen molar-refractivity contribution < 1.29 is 49.0 Å². The van der Waals surface area contributed by atoms with Crippen molar-refractivity contribution in [1.29, 1.82) is 0 Å².